The zero-order valence-electron chi connectivity index (χ0n) is 18.4. The third-order valence-electron chi connectivity index (χ3n) is 3.83. The largest absolute Gasteiger partial charge is 0.488 e. The number of likely N-dealkylation sites (N-methyl/N-ethyl adjacent to an activating group) is 1. The lowest BCUT2D eigenvalue weighted by Gasteiger charge is -2.23. The first-order valence-electron chi connectivity index (χ1n) is 9.82. The van der Waals surface area contributed by atoms with Gasteiger partial charge in [-0.2, -0.15) is 0 Å². The van der Waals surface area contributed by atoms with Gasteiger partial charge in [-0.1, -0.05) is 18.2 Å². The van der Waals surface area contributed by atoms with Crippen LogP contribution in [0.25, 0.3) is 0 Å². The lowest BCUT2D eigenvalue weighted by molar-refractivity contribution is 0.129. The molecule has 6 nitrogen and oxygen atoms in total. The predicted molar refractivity (Wildman–Crippen MR) is 129 cm³/mol. The van der Waals surface area contributed by atoms with Gasteiger partial charge in [-0.05, 0) is 53.8 Å². The van der Waals surface area contributed by atoms with E-state index in [0.29, 0.717) is 6.54 Å². The molecule has 0 bridgehead atoms. The van der Waals surface area contributed by atoms with Crippen molar-refractivity contribution >= 4 is 29.9 Å². The van der Waals surface area contributed by atoms with Crippen LogP contribution in [0.2, 0.25) is 0 Å². The minimum Gasteiger partial charge on any atom is -0.488 e. The first kappa shape index (κ1) is 26.9. The molecule has 28 heavy (non-hydrogen) atoms. The van der Waals surface area contributed by atoms with Crippen molar-refractivity contribution in [1.82, 2.24) is 15.5 Å². The minimum atomic E-state index is -0.225. The Kier molecular flexibility index (Phi) is 14.3. The molecule has 0 amide bonds. The molecule has 1 aromatic rings. The fourth-order valence-electron chi connectivity index (χ4n) is 2.48. The fourth-order valence-corrected chi connectivity index (χ4v) is 2.48. The summed E-state index contributed by atoms with van der Waals surface area (Å²) in [5.41, 5.74) is 0.862. The smallest absolute Gasteiger partial charge is 0.191 e. The van der Waals surface area contributed by atoms with E-state index in [1.807, 2.05) is 18.2 Å². The van der Waals surface area contributed by atoms with Crippen LogP contribution >= 0.6 is 24.0 Å². The molecule has 0 saturated carbocycles. The Bertz CT molecular complexity index is 562. The van der Waals surface area contributed by atoms with Gasteiger partial charge in [0.25, 0.3) is 0 Å². The second kappa shape index (κ2) is 14.9. The van der Waals surface area contributed by atoms with Crippen LogP contribution in [0.4, 0.5) is 0 Å². The van der Waals surface area contributed by atoms with Crippen molar-refractivity contribution in [3.8, 4) is 5.75 Å². The lowest BCUT2D eigenvalue weighted by atomic mass is 10.1. The van der Waals surface area contributed by atoms with Gasteiger partial charge >= 0.3 is 0 Å². The summed E-state index contributed by atoms with van der Waals surface area (Å²) in [4.78, 5) is 6.99. The number of hydrogen-bond acceptors (Lipinski definition) is 4. The van der Waals surface area contributed by atoms with Gasteiger partial charge in [-0.25, -0.2) is 4.99 Å². The maximum absolute atomic E-state index is 6.06. The summed E-state index contributed by atoms with van der Waals surface area (Å²) in [5, 5.41) is 6.72. The standard InChI is InChI=1S/C21H38N4O2.HI/c1-7-22-20(23-13-10-14-25(5)15-16-26-6)24-17-18-11-8-9-12-19(18)27-21(2,3)4;/h8-9,11-12H,7,10,13-17H2,1-6H3,(H2,22,23,24);1H. The van der Waals surface area contributed by atoms with Gasteiger partial charge in [0.15, 0.2) is 5.96 Å². The normalized spacial score (nSPS) is 11.9. The highest BCUT2D eigenvalue weighted by Gasteiger charge is 2.14. The van der Waals surface area contributed by atoms with Crippen LogP contribution < -0.4 is 15.4 Å². The molecule has 0 fully saturated rings. The first-order chi connectivity index (χ1) is 12.9. The Morgan fingerprint density at radius 2 is 1.86 bits per heavy atom. The van der Waals surface area contributed by atoms with Crippen molar-refractivity contribution in [2.24, 2.45) is 4.99 Å². The van der Waals surface area contributed by atoms with Crippen LogP contribution in [-0.4, -0.2) is 63.4 Å². The molecule has 2 N–H and O–H groups in total. The number of aliphatic imine (C=N–C) groups is 1. The zero-order valence-corrected chi connectivity index (χ0v) is 20.7. The van der Waals surface area contributed by atoms with E-state index in [1.54, 1.807) is 7.11 Å². The highest BCUT2D eigenvalue weighted by atomic mass is 127. The summed E-state index contributed by atoms with van der Waals surface area (Å²) in [6.07, 6.45) is 1.05. The van der Waals surface area contributed by atoms with E-state index in [1.165, 1.54) is 0 Å². The molecular weight excluding hydrogens is 467 g/mol. The average Bonchev–Trinajstić information content (AvgIpc) is 2.61. The Balaban J connectivity index is 0.00000729. The number of nitrogens with zero attached hydrogens (tertiary/aromatic N) is 2. The Morgan fingerprint density at radius 1 is 1.14 bits per heavy atom. The van der Waals surface area contributed by atoms with Crippen LogP contribution in [0.5, 0.6) is 5.75 Å². The molecule has 0 aliphatic heterocycles. The second-order valence-electron chi connectivity index (χ2n) is 7.59. The molecule has 0 spiro atoms. The number of nitrogens with one attached hydrogen (secondary N) is 2. The molecule has 0 saturated heterocycles. The van der Waals surface area contributed by atoms with Gasteiger partial charge in [0.1, 0.15) is 11.4 Å². The summed E-state index contributed by atoms with van der Waals surface area (Å²) >= 11 is 0. The van der Waals surface area contributed by atoms with Gasteiger partial charge in [0.05, 0.1) is 13.2 Å². The number of methoxy groups -OCH3 is 1. The first-order valence-corrected chi connectivity index (χ1v) is 9.82. The second-order valence-corrected chi connectivity index (χ2v) is 7.59. The van der Waals surface area contributed by atoms with Gasteiger partial charge < -0.3 is 25.0 Å². The van der Waals surface area contributed by atoms with Crippen LogP contribution in [0.15, 0.2) is 29.3 Å². The van der Waals surface area contributed by atoms with Gasteiger partial charge in [-0.3, -0.25) is 0 Å². The maximum Gasteiger partial charge on any atom is 0.191 e. The molecule has 162 valence electrons. The van der Waals surface area contributed by atoms with Crippen LogP contribution in [0.3, 0.4) is 0 Å². The molecule has 0 heterocycles. The average molecular weight is 506 g/mol. The summed E-state index contributed by atoms with van der Waals surface area (Å²) in [7, 11) is 3.85. The van der Waals surface area contributed by atoms with E-state index in [2.05, 4.69) is 56.3 Å². The molecule has 0 aromatic heterocycles. The highest BCUT2D eigenvalue weighted by molar-refractivity contribution is 14.0. The van der Waals surface area contributed by atoms with Gasteiger partial charge in [0.2, 0.25) is 0 Å². The van der Waals surface area contributed by atoms with Crippen molar-refractivity contribution in [3.63, 3.8) is 0 Å². The topological polar surface area (TPSA) is 58.1 Å². The van der Waals surface area contributed by atoms with Crippen molar-refractivity contribution in [2.75, 3.05) is 46.9 Å². The monoisotopic (exact) mass is 506 g/mol. The summed E-state index contributed by atoms with van der Waals surface area (Å²) in [5.74, 6) is 1.73. The third-order valence-corrected chi connectivity index (χ3v) is 3.83. The molecule has 0 unspecified atom stereocenters. The Hall–Kier alpha value is -1.06. The summed E-state index contributed by atoms with van der Waals surface area (Å²) in [6.45, 7) is 13.3. The van der Waals surface area contributed by atoms with Crippen molar-refractivity contribution in [3.05, 3.63) is 29.8 Å². The minimum absolute atomic E-state index is 0. The highest BCUT2D eigenvalue weighted by Crippen LogP contribution is 2.23. The maximum atomic E-state index is 6.06. The van der Waals surface area contributed by atoms with Crippen molar-refractivity contribution < 1.29 is 9.47 Å². The number of guanidine groups is 1. The Morgan fingerprint density at radius 3 is 2.50 bits per heavy atom. The van der Waals surface area contributed by atoms with Crippen LogP contribution in [0, 0.1) is 0 Å². The van der Waals surface area contributed by atoms with E-state index in [4.69, 9.17) is 14.5 Å². The molecule has 1 rings (SSSR count). The number of benzene rings is 1. The van der Waals surface area contributed by atoms with Gasteiger partial charge in [-0.15, -0.1) is 24.0 Å². The molecule has 1 aromatic carbocycles. The molecule has 0 aliphatic rings. The number of rotatable bonds is 11. The summed E-state index contributed by atoms with van der Waals surface area (Å²) in [6, 6.07) is 8.10. The van der Waals surface area contributed by atoms with Crippen LogP contribution in [-0.2, 0) is 11.3 Å². The number of halogens is 1. The van der Waals surface area contributed by atoms with E-state index < -0.39 is 0 Å². The molecule has 0 radical (unpaired) electrons. The fraction of sp³-hybridized carbons (Fsp3) is 0.667. The van der Waals surface area contributed by atoms with Crippen molar-refractivity contribution in [1.29, 1.82) is 0 Å². The molecule has 0 atom stereocenters. The Labute approximate surface area is 188 Å². The van der Waals surface area contributed by atoms with Crippen molar-refractivity contribution in [2.45, 2.75) is 46.3 Å². The van der Waals surface area contributed by atoms with E-state index >= 15 is 0 Å². The third kappa shape index (κ3) is 12.4. The zero-order chi connectivity index (χ0) is 20.1. The number of hydrogen-bond donors (Lipinski definition) is 2. The molecular formula is C21H39IN4O2. The molecule has 7 heteroatoms. The van der Waals surface area contributed by atoms with Gasteiger partial charge in [0, 0.05) is 32.3 Å². The quantitative estimate of drug-likeness (QED) is 0.208. The number of para-hydroxylation sites is 1. The van der Waals surface area contributed by atoms with Crippen LogP contribution in [0.1, 0.15) is 39.7 Å². The van der Waals surface area contributed by atoms with E-state index in [-0.39, 0.29) is 29.6 Å². The lowest BCUT2D eigenvalue weighted by Crippen LogP contribution is -2.38. The SMILES string of the molecule is CCNC(=NCc1ccccc1OC(C)(C)C)NCCCN(C)CCOC.I. The number of ether oxygens (including phenoxy) is 2. The van der Waals surface area contributed by atoms with E-state index in [9.17, 15) is 0 Å². The van der Waals surface area contributed by atoms with E-state index in [0.717, 1.165) is 56.5 Å². The predicted octanol–water partition coefficient (Wildman–Crippen LogP) is 3.51. The summed E-state index contributed by atoms with van der Waals surface area (Å²) < 4.78 is 11.2. The molecule has 0 aliphatic carbocycles.